The number of nitrogens with one attached hydrogen (secondary N) is 1. The van der Waals surface area contributed by atoms with Crippen molar-refractivity contribution in [3.05, 3.63) is 0 Å². The Hall–Kier alpha value is -0.850. The van der Waals surface area contributed by atoms with Crippen molar-refractivity contribution < 1.29 is 24.1 Å². The van der Waals surface area contributed by atoms with Crippen LogP contribution in [0.5, 0.6) is 0 Å². The van der Waals surface area contributed by atoms with Crippen LogP contribution in [0.15, 0.2) is 0 Å². The molecule has 1 aliphatic heterocycles. The smallest absolute Gasteiger partial charge is 0.407 e. The van der Waals surface area contributed by atoms with Crippen LogP contribution in [0.1, 0.15) is 106 Å². The first kappa shape index (κ1) is 27.3. The predicted molar refractivity (Wildman–Crippen MR) is 147 cm³/mol. The number of rotatable bonds is 5. The maximum absolute atomic E-state index is 12.1. The first-order valence-electron chi connectivity index (χ1n) is 15.7. The highest BCUT2D eigenvalue weighted by atomic mass is 16.6. The van der Waals surface area contributed by atoms with Gasteiger partial charge >= 0.3 is 6.09 Å². The average molecular weight is 532 g/mol. The summed E-state index contributed by atoms with van der Waals surface area (Å²) in [5.74, 6) is 2.81. The Morgan fingerprint density at radius 1 is 1.03 bits per heavy atom. The molecule has 0 aromatic carbocycles. The lowest BCUT2D eigenvalue weighted by molar-refractivity contribution is -0.193. The van der Waals surface area contributed by atoms with E-state index in [1.807, 2.05) is 20.8 Å². The van der Waals surface area contributed by atoms with Crippen LogP contribution in [0.3, 0.4) is 0 Å². The van der Waals surface area contributed by atoms with Crippen LogP contribution in [0.2, 0.25) is 0 Å². The van der Waals surface area contributed by atoms with Gasteiger partial charge in [-0.3, -0.25) is 0 Å². The fourth-order valence-electron chi connectivity index (χ4n) is 11.8. The van der Waals surface area contributed by atoms with Gasteiger partial charge in [0.25, 0.3) is 0 Å². The molecular weight excluding hydrogens is 478 g/mol. The van der Waals surface area contributed by atoms with E-state index in [2.05, 4.69) is 26.1 Å². The zero-order valence-corrected chi connectivity index (χ0v) is 25.0. The molecule has 1 saturated heterocycles. The highest BCUT2D eigenvalue weighted by molar-refractivity contribution is 5.67. The molecule has 5 aliphatic carbocycles. The Morgan fingerprint density at radius 3 is 2.45 bits per heavy atom. The van der Waals surface area contributed by atoms with Gasteiger partial charge in [-0.2, -0.15) is 0 Å². The van der Waals surface area contributed by atoms with Crippen molar-refractivity contribution in [3.8, 4) is 0 Å². The number of carbonyl (C=O) groups is 1. The Morgan fingerprint density at radius 2 is 1.76 bits per heavy atom. The monoisotopic (exact) mass is 531 g/mol. The van der Waals surface area contributed by atoms with E-state index in [-0.39, 0.29) is 29.8 Å². The Bertz CT molecular complexity index is 945. The van der Waals surface area contributed by atoms with Gasteiger partial charge in [0.1, 0.15) is 12.2 Å². The van der Waals surface area contributed by atoms with Crippen LogP contribution in [0.4, 0.5) is 4.79 Å². The Balaban J connectivity index is 1.22. The maximum atomic E-state index is 12.1. The molecule has 6 nitrogen and oxygen atoms in total. The van der Waals surface area contributed by atoms with Crippen molar-refractivity contribution in [2.45, 2.75) is 136 Å². The first-order chi connectivity index (χ1) is 17.8. The molecule has 2 N–H and O–H groups in total. The molecule has 6 aliphatic rings. The third-order valence-corrected chi connectivity index (χ3v) is 13.4. The van der Waals surface area contributed by atoms with Crippen molar-refractivity contribution in [2.75, 3.05) is 13.7 Å². The van der Waals surface area contributed by atoms with E-state index >= 15 is 0 Å². The Kier molecular flexibility index (Phi) is 6.34. The molecule has 6 fully saturated rings. The van der Waals surface area contributed by atoms with Crippen molar-refractivity contribution in [1.29, 1.82) is 0 Å². The SMILES string of the molecule is CCOC(C1CCC2C(CC3C4CCC5C(C)(C)C(OC(=O)NC)CCC56CC46CCC23C)O1)C(C)(C)O. The van der Waals surface area contributed by atoms with Crippen molar-refractivity contribution >= 4 is 6.09 Å². The van der Waals surface area contributed by atoms with Gasteiger partial charge in [-0.05, 0) is 125 Å². The van der Waals surface area contributed by atoms with Crippen molar-refractivity contribution in [3.63, 3.8) is 0 Å². The lowest BCUT2D eigenvalue weighted by Crippen LogP contribution is -2.55. The second-order valence-corrected chi connectivity index (χ2v) is 15.5. The minimum atomic E-state index is -0.904. The quantitative estimate of drug-likeness (QED) is 0.449. The minimum absolute atomic E-state index is 0.00914. The highest BCUT2D eigenvalue weighted by Gasteiger charge is 2.81. The molecule has 38 heavy (non-hydrogen) atoms. The van der Waals surface area contributed by atoms with E-state index in [4.69, 9.17) is 14.2 Å². The molecule has 0 radical (unpaired) electrons. The number of ether oxygens (including phenoxy) is 3. The molecule has 0 aromatic heterocycles. The summed E-state index contributed by atoms with van der Waals surface area (Å²) in [5.41, 5.74) is 0.418. The summed E-state index contributed by atoms with van der Waals surface area (Å²) < 4.78 is 18.9. The lowest BCUT2D eigenvalue weighted by Gasteiger charge is -2.59. The van der Waals surface area contributed by atoms with E-state index in [0.29, 0.717) is 40.8 Å². The van der Waals surface area contributed by atoms with Crippen molar-refractivity contribution in [2.24, 2.45) is 45.3 Å². The van der Waals surface area contributed by atoms with Gasteiger partial charge in [0.2, 0.25) is 0 Å². The summed E-state index contributed by atoms with van der Waals surface area (Å²) in [6.45, 7) is 13.7. The van der Waals surface area contributed by atoms with E-state index in [9.17, 15) is 9.90 Å². The van der Waals surface area contributed by atoms with E-state index in [1.165, 1.54) is 51.4 Å². The van der Waals surface area contributed by atoms with E-state index in [1.54, 1.807) is 7.05 Å². The molecule has 11 atom stereocenters. The zero-order chi connectivity index (χ0) is 27.3. The molecule has 6 rings (SSSR count). The summed E-state index contributed by atoms with van der Waals surface area (Å²) in [4.78, 5) is 12.1. The molecule has 11 unspecified atom stereocenters. The lowest BCUT2D eigenvalue weighted by atomic mass is 9.46. The maximum Gasteiger partial charge on any atom is 0.407 e. The normalized spacial score (nSPS) is 49.4. The molecule has 5 saturated carbocycles. The molecule has 216 valence electrons. The number of carbonyl (C=O) groups excluding carboxylic acids is 1. The second kappa shape index (κ2) is 8.82. The van der Waals surface area contributed by atoms with Crippen LogP contribution in [0, 0.1) is 45.3 Å². The van der Waals surface area contributed by atoms with E-state index < -0.39 is 5.60 Å². The van der Waals surface area contributed by atoms with Gasteiger partial charge in [-0.1, -0.05) is 20.8 Å². The first-order valence-corrected chi connectivity index (χ1v) is 15.7. The van der Waals surface area contributed by atoms with Gasteiger partial charge < -0.3 is 24.6 Å². The van der Waals surface area contributed by atoms with Gasteiger partial charge in [-0.15, -0.1) is 0 Å². The molecule has 2 spiro atoms. The van der Waals surface area contributed by atoms with E-state index in [0.717, 1.165) is 24.7 Å². The molecule has 0 bridgehead atoms. The third-order valence-electron chi connectivity index (χ3n) is 13.4. The summed E-state index contributed by atoms with van der Waals surface area (Å²) >= 11 is 0. The average Bonchev–Trinajstić information content (AvgIpc) is 3.43. The molecule has 1 amide bonds. The highest BCUT2D eigenvalue weighted by Crippen LogP contribution is 2.87. The number of fused-ring (bicyclic) bond motifs is 4. The number of hydrogen-bond acceptors (Lipinski definition) is 5. The molecular formula is C32H53NO5. The fourth-order valence-corrected chi connectivity index (χ4v) is 11.8. The van der Waals surface area contributed by atoms with Gasteiger partial charge in [0.15, 0.2) is 0 Å². The number of alkyl carbamates (subject to hydrolysis) is 1. The van der Waals surface area contributed by atoms with Gasteiger partial charge in [0, 0.05) is 19.1 Å². The third kappa shape index (κ3) is 3.64. The van der Waals surface area contributed by atoms with Crippen LogP contribution in [-0.4, -0.2) is 54.9 Å². The molecule has 1 heterocycles. The summed E-state index contributed by atoms with van der Waals surface area (Å²) in [7, 11) is 1.66. The number of aliphatic hydroxyl groups is 1. The Labute approximate surface area is 230 Å². The summed E-state index contributed by atoms with van der Waals surface area (Å²) in [5, 5.41) is 13.5. The topological polar surface area (TPSA) is 77.0 Å². The van der Waals surface area contributed by atoms with Crippen LogP contribution in [-0.2, 0) is 14.2 Å². The number of hydrogen-bond donors (Lipinski definition) is 2. The van der Waals surface area contributed by atoms with Gasteiger partial charge in [-0.25, -0.2) is 4.79 Å². The van der Waals surface area contributed by atoms with Crippen LogP contribution >= 0.6 is 0 Å². The summed E-state index contributed by atoms with van der Waals surface area (Å²) in [6, 6.07) is 0. The molecule has 6 heteroatoms. The van der Waals surface area contributed by atoms with Gasteiger partial charge in [0.05, 0.1) is 17.8 Å². The summed E-state index contributed by atoms with van der Waals surface area (Å²) in [6.07, 6.45) is 12.0. The van der Waals surface area contributed by atoms with Crippen LogP contribution < -0.4 is 5.32 Å². The fraction of sp³-hybridized carbons (Fsp3) is 0.969. The predicted octanol–water partition coefficient (Wildman–Crippen LogP) is 6.09. The minimum Gasteiger partial charge on any atom is -0.446 e. The largest absolute Gasteiger partial charge is 0.446 e. The number of amides is 1. The second-order valence-electron chi connectivity index (χ2n) is 15.5. The van der Waals surface area contributed by atoms with Crippen LogP contribution in [0.25, 0.3) is 0 Å². The zero-order valence-electron chi connectivity index (χ0n) is 25.0. The van der Waals surface area contributed by atoms with Crippen molar-refractivity contribution in [1.82, 2.24) is 5.32 Å². The standard InChI is InChI=1S/C32H53NO5/c1-8-36-26(29(4,5)35)22-11-9-20-23(37-22)17-21-19-10-12-24-28(2,3)25(38-27(34)33-7)13-14-32(24)18-31(19,32)16-15-30(20,21)6/h19-26,35H,8-18H2,1-7H3,(H,33,34). The molecule has 0 aromatic rings.